The van der Waals surface area contributed by atoms with Crippen molar-refractivity contribution in [2.24, 2.45) is 0 Å². The number of rotatable bonds is 3. The van der Waals surface area contributed by atoms with Crippen LogP contribution in [0.3, 0.4) is 0 Å². The third-order valence-electron chi connectivity index (χ3n) is 2.47. The highest BCUT2D eigenvalue weighted by molar-refractivity contribution is 5.78. The molecule has 0 amide bonds. The Morgan fingerprint density at radius 1 is 1.44 bits per heavy atom. The molecule has 2 heterocycles. The zero-order valence-electron chi connectivity index (χ0n) is 9.77. The first-order chi connectivity index (χ1) is 7.59. The van der Waals surface area contributed by atoms with Gasteiger partial charge in [-0.3, -0.25) is 9.20 Å². The summed E-state index contributed by atoms with van der Waals surface area (Å²) in [5.41, 5.74) is 1.81. The standard InChI is InChI=1S/C12H15N3O/c1-9(16)7-10-8-13-11-5-4-6-12(14(2)3)15(10)11/h4-6,8H,7H2,1-3H3. The average molecular weight is 217 g/mol. The first-order valence-electron chi connectivity index (χ1n) is 5.21. The molecule has 0 atom stereocenters. The van der Waals surface area contributed by atoms with Gasteiger partial charge in [-0.05, 0) is 19.1 Å². The number of hydrogen-bond acceptors (Lipinski definition) is 3. The predicted octanol–water partition coefficient (Wildman–Crippen LogP) is 1.53. The molecule has 2 aromatic heterocycles. The fourth-order valence-corrected chi connectivity index (χ4v) is 1.81. The van der Waals surface area contributed by atoms with E-state index in [-0.39, 0.29) is 5.78 Å². The summed E-state index contributed by atoms with van der Waals surface area (Å²) in [5.74, 6) is 1.18. The van der Waals surface area contributed by atoms with Gasteiger partial charge in [-0.2, -0.15) is 0 Å². The Labute approximate surface area is 94.5 Å². The third-order valence-corrected chi connectivity index (χ3v) is 2.47. The Balaban J connectivity index is 2.63. The van der Waals surface area contributed by atoms with Gasteiger partial charge in [0.25, 0.3) is 0 Å². The Bertz CT molecular complexity index is 528. The molecule has 0 saturated heterocycles. The second-order valence-electron chi connectivity index (χ2n) is 4.10. The number of nitrogens with zero attached hydrogens (tertiary/aromatic N) is 3. The van der Waals surface area contributed by atoms with E-state index < -0.39 is 0 Å². The van der Waals surface area contributed by atoms with E-state index in [1.165, 1.54) is 0 Å². The molecule has 0 spiro atoms. The summed E-state index contributed by atoms with van der Waals surface area (Å²) >= 11 is 0. The highest BCUT2D eigenvalue weighted by atomic mass is 16.1. The van der Waals surface area contributed by atoms with Crippen LogP contribution in [0.15, 0.2) is 24.4 Å². The summed E-state index contributed by atoms with van der Waals surface area (Å²) in [6.07, 6.45) is 2.19. The van der Waals surface area contributed by atoms with Crippen LogP contribution in [0.4, 0.5) is 5.82 Å². The normalized spacial score (nSPS) is 10.7. The third kappa shape index (κ3) is 1.78. The fourth-order valence-electron chi connectivity index (χ4n) is 1.81. The van der Waals surface area contributed by atoms with Crippen LogP contribution in [0.2, 0.25) is 0 Å². The van der Waals surface area contributed by atoms with Crippen LogP contribution in [-0.2, 0) is 11.2 Å². The maximum Gasteiger partial charge on any atom is 0.138 e. The summed E-state index contributed by atoms with van der Waals surface area (Å²) in [6.45, 7) is 1.59. The van der Waals surface area contributed by atoms with Crippen molar-refractivity contribution < 1.29 is 4.79 Å². The zero-order chi connectivity index (χ0) is 11.7. The lowest BCUT2D eigenvalue weighted by Gasteiger charge is -2.15. The van der Waals surface area contributed by atoms with Crippen molar-refractivity contribution in [2.75, 3.05) is 19.0 Å². The van der Waals surface area contributed by atoms with Gasteiger partial charge in [-0.15, -0.1) is 0 Å². The molecule has 4 nitrogen and oxygen atoms in total. The van der Waals surface area contributed by atoms with Gasteiger partial charge in [0, 0.05) is 26.7 Å². The average Bonchev–Trinajstić information content (AvgIpc) is 2.60. The molecule has 84 valence electrons. The van der Waals surface area contributed by atoms with Crippen molar-refractivity contribution in [1.29, 1.82) is 0 Å². The maximum absolute atomic E-state index is 11.2. The Morgan fingerprint density at radius 3 is 2.81 bits per heavy atom. The van der Waals surface area contributed by atoms with Crippen LogP contribution in [-0.4, -0.2) is 29.3 Å². The van der Waals surface area contributed by atoms with Gasteiger partial charge in [-0.1, -0.05) is 6.07 Å². The first kappa shape index (κ1) is 10.7. The minimum Gasteiger partial charge on any atom is -0.364 e. The monoisotopic (exact) mass is 217 g/mol. The lowest BCUT2D eigenvalue weighted by atomic mass is 10.2. The largest absolute Gasteiger partial charge is 0.364 e. The van der Waals surface area contributed by atoms with E-state index in [4.69, 9.17) is 0 Å². The number of anilines is 1. The minimum atomic E-state index is 0.148. The Morgan fingerprint density at radius 2 is 2.19 bits per heavy atom. The lowest BCUT2D eigenvalue weighted by Crippen LogP contribution is -2.14. The number of ketones is 1. The van der Waals surface area contributed by atoms with Gasteiger partial charge in [0.1, 0.15) is 17.2 Å². The summed E-state index contributed by atoms with van der Waals surface area (Å²) in [4.78, 5) is 17.5. The molecule has 0 unspecified atom stereocenters. The molecule has 4 heteroatoms. The number of hydrogen-bond donors (Lipinski definition) is 0. The molecule has 0 aromatic carbocycles. The van der Waals surface area contributed by atoms with E-state index in [0.29, 0.717) is 6.42 Å². The molecular weight excluding hydrogens is 202 g/mol. The van der Waals surface area contributed by atoms with Crippen molar-refractivity contribution in [3.05, 3.63) is 30.1 Å². The topological polar surface area (TPSA) is 37.6 Å². The van der Waals surface area contributed by atoms with Crippen molar-refractivity contribution in [3.8, 4) is 0 Å². The number of fused-ring (bicyclic) bond motifs is 1. The van der Waals surface area contributed by atoms with Crippen LogP contribution >= 0.6 is 0 Å². The summed E-state index contributed by atoms with van der Waals surface area (Å²) in [7, 11) is 3.96. The minimum absolute atomic E-state index is 0.148. The van der Waals surface area contributed by atoms with Crippen molar-refractivity contribution in [2.45, 2.75) is 13.3 Å². The Kier molecular flexibility index (Phi) is 2.64. The SMILES string of the molecule is CC(=O)Cc1cnc2cccc(N(C)C)n12. The molecule has 0 radical (unpaired) electrons. The predicted molar refractivity (Wildman–Crippen MR) is 63.9 cm³/mol. The Hall–Kier alpha value is -1.84. The second kappa shape index (κ2) is 3.96. The zero-order valence-corrected chi connectivity index (χ0v) is 9.77. The number of imidazole rings is 1. The van der Waals surface area contributed by atoms with Crippen LogP contribution < -0.4 is 4.90 Å². The second-order valence-corrected chi connectivity index (χ2v) is 4.10. The van der Waals surface area contributed by atoms with Gasteiger partial charge < -0.3 is 4.90 Å². The number of aromatic nitrogens is 2. The highest BCUT2D eigenvalue weighted by Gasteiger charge is 2.09. The molecule has 0 bridgehead atoms. The molecule has 16 heavy (non-hydrogen) atoms. The fraction of sp³-hybridized carbons (Fsp3) is 0.333. The molecule has 0 aliphatic rings. The van der Waals surface area contributed by atoms with E-state index in [1.807, 2.05) is 41.6 Å². The molecule has 0 aliphatic carbocycles. The van der Waals surface area contributed by atoms with Gasteiger partial charge in [-0.25, -0.2) is 4.98 Å². The molecule has 2 rings (SSSR count). The first-order valence-corrected chi connectivity index (χ1v) is 5.21. The van der Waals surface area contributed by atoms with Crippen LogP contribution in [0.1, 0.15) is 12.6 Å². The molecular formula is C12H15N3O. The van der Waals surface area contributed by atoms with Gasteiger partial charge in [0.2, 0.25) is 0 Å². The van der Waals surface area contributed by atoms with Crippen molar-refractivity contribution >= 4 is 17.2 Å². The summed E-state index contributed by atoms with van der Waals surface area (Å²) in [5, 5.41) is 0. The van der Waals surface area contributed by atoms with Crippen molar-refractivity contribution in [1.82, 2.24) is 9.38 Å². The molecule has 0 N–H and O–H groups in total. The van der Waals surface area contributed by atoms with Gasteiger partial charge in [0.15, 0.2) is 0 Å². The van der Waals surface area contributed by atoms with Crippen LogP contribution in [0.5, 0.6) is 0 Å². The smallest absolute Gasteiger partial charge is 0.138 e. The van der Waals surface area contributed by atoms with E-state index in [0.717, 1.165) is 17.2 Å². The van der Waals surface area contributed by atoms with Crippen LogP contribution in [0, 0.1) is 0 Å². The number of Topliss-reactive ketones (excluding diaryl/α,β-unsaturated/α-hetero) is 1. The van der Waals surface area contributed by atoms with Crippen molar-refractivity contribution in [3.63, 3.8) is 0 Å². The van der Waals surface area contributed by atoms with Gasteiger partial charge >= 0.3 is 0 Å². The van der Waals surface area contributed by atoms with E-state index in [2.05, 4.69) is 4.98 Å². The van der Waals surface area contributed by atoms with E-state index >= 15 is 0 Å². The summed E-state index contributed by atoms with van der Waals surface area (Å²) in [6, 6.07) is 5.92. The molecule has 2 aromatic rings. The highest BCUT2D eigenvalue weighted by Crippen LogP contribution is 2.17. The van der Waals surface area contributed by atoms with E-state index in [1.54, 1.807) is 13.1 Å². The van der Waals surface area contributed by atoms with E-state index in [9.17, 15) is 4.79 Å². The molecule has 0 aliphatic heterocycles. The number of carbonyl (C=O) groups is 1. The summed E-state index contributed by atoms with van der Waals surface area (Å²) < 4.78 is 2.02. The number of carbonyl (C=O) groups excluding carboxylic acids is 1. The quantitative estimate of drug-likeness (QED) is 0.782. The molecule has 0 fully saturated rings. The maximum atomic E-state index is 11.2. The van der Waals surface area contributed by atoms with Crippen LogP contribution in [0.25, 0.3) is 5.65 Å². The lowest BCUT2D eigenvalue weighted by molar-refractivity contribution is -0.116. The number of pyridine rings is 1. The van der Waals surface area contributed by atoms with Gasteiger partial charge in [0.05, 0.1) is 5.69 Å². The molecule has 0 saturated carbocycles.